The van der Waals surface area contributed by atoms with Crippen LogP contribution in [0.25, 0.3) is 0 Å². The summed E-state index contributed by atoms with van der Waals surface area (Å²) in [6, 6.07) is 26.5. The standard InChI is InChI=1S/C25H23N3O3/c26-22(15-18-7-3-1-4-8-18)25-28-23(17-31-25)24(29)27-20-11-13-21(14-12-20)30-16-19-9-5-2-6-10-19/h1-14,17,22H,15-16,26H2,(H,27,29). The second-order valence-electron chi connectivity index (χ2n) is 7.12. The maximum absolute atomic E-state index is 12.5. The normalized spacial score (nSPS) is 11.6. The van der Waals surface area contributed by atoms with Crippen LogP contribution < -0.4 is 15.8 Å². The number of nitrogens with zero attached hydrogens (tertiary/aromatic N) is 1. The third-order valence-electron chi connectivity index (χ3n) is 4.73. The van der Waals surface area contributed by atoms with Crippen LogP contribution >= 0.6 is 0 Å². The molecule has 3 N–H and O–H groups in total. The monoisotopic (exact) mass is 413 g/mol. The number of carbonyl (C=O) groups is 1. The molecule has 1 amide bonds. The Kier molecular flexibility index (Phi) is 6.40. The van der Waals surface area contributed by atoms with E-state index in [2.05, 4.69) is 10.3 Å². The summed E-state index contributed by atoms with van der Waals surface area (Å²) >= 11 is 0. The molecule has 156 valence electrons. The highest BCUT2D eigenvalue weighted by Crippen LogP contribution is 2.19. The summed E-state index contributed by atoms with van der Waals surface area (Å²) in [7, 11) is 0. The highest BCUT2D eigenvalue weighted by Gasteiger charge is 2.17. The predicted octanol–water partition coefficient (Wildman–Crippen LogP) is 4.75. The molecule has 4 rings (SSSR count). The molecule has 4 aromatic rings. The Bertz CT molecular complexity index is 1110. The van der Waals surface area contributed by atoms with Gasteiger partial charge in [0.15, 0.2) is 5.69 Å². The van der Waals surface area contributed by atoms with Gasteiger partial charge < -0.3 is 20.2 Å². The molecule has 0 radical (unpaired) electrons. The van der Waals surface area contributed by atoms with Gasteiger partial charge in [0.05, 0.1) is 6.04 Å². The quantitative estimate of drug-likeness (QED) is 0.435. The molecule has 1 atom stereocenters. The lowest BCUT2D eigenvalue weighted by molar-refractivity contribution is 0.102. The van der Waals surface area contributed by atoms with E-state index in [0.29, 0.717) is 24.6 Å². The van der Waals surface area contributed by atoms with Crippen LogP contribution in [-0.2, 0) is 13.0 Å². The summed E-state index contributed by atoms with van der Waals surface area (Å²) in [4.78, 5) is 16.8. The molecule has 0 bridgehead atoms. The number of aromatic nitrogens is 1. The van der Waals surface area contributed by atoms with E-state index >= 15 is 0 Å². The molecule has 1 unspecified atom stereocenters. The molecular weight excluding hydrogens is 390 g/mol. The van der Waals surface area contributed by atoms with Gasteiger partial charge in [-0.2, -0.15) is 0 Å². The Morgan fingerprint density at radius 2 is 1.58 bits per heavy atom. The van der Waals surface area contributed by atoms with E-state index in [1.807, 2.05) is 72.8 Å². The summed E-state index contributed by atoms with van der Waals surface area (Å²) in [6.45, 7) is 0.484. The number of oxazole rings is 1. The minimum Gasteiger partial charge on any atom is -0.489 e. The molecule has 0 aliphatic rings. The van der Waals surface area contributed by atoms with Crippen molar-refractivity contribution in [3.05, 3.63) is 114 Å². The number of ether oxygens (including phenoxy) is 1. The second kappa shape index (κ2) is 9.73. The first-order valence-corrected chi connectivity index (χ1v) is 10.0. The summed E-state index contributed by atoms with van der Waals surface area (Å²) in [5.41, 5.74) is 9.16. The number of nitrogens with one attached hydrogen (secondary N) is 1. The topological polar surface area (TPSA) is 90.4 Å². The van der Waals surface area contributed by atoms with Crippen LogP contribution in [0, 0.1) is 0 Å². The van der Waals surface area contributed by atoms with E-state index < -0.39 is 6.04 Å². The van der Waals surface area contributed by atoms with Gasteiger partial charge >= 0.3 is 0 Å². The van der Waals surface area contributed by atoms with Crippen molar-refractivity contribution in [1.29, 1.82) is 0 Å². The molecule has 1 heterocycles. The first kappa shape index (κ1) is 20.4. The number of rotatable bonds is 8. The van der Waals surface area contributed by atoms with Crippen molar-refractivity contribution in [2.24, 2.45) is 5.73 Å². The molecule has 6 nitrogen and oxygen atoms in total. The Morgan fingerprint density at radius 1 is 0.935 bits per heavy atom. The van der Waals surface area contributed by atoms with Gasteiger partial charge in [-0.05, 0) is 41.8 Å². The van der Waals surface area contributed by atoms with Crippen molar-refractivity contribution in [2.45, 2.75) is 19.1 Å². The molecule has 0 aliphatic carbocycles. The third kappa shape index (κ3) is 5.58. The molecule has 3 aromatic carbocycles. The maximum Gasteiger partial charge on any atom is 0.277 e. The SMILES string of the molecule is NC(Cc1ccccc1)c1nc(C(=O)Nc2ccc(OCc3ccccc3)cc2)co1. The van der Waals surface area contributed by atoms with Crippen LogP contribution in [0.2, 0.25) is 0 Å². The zero-order valence-corrected chi connectivity index (χ0v) is 16.9. The van der Waals surface area contributed by atoms with Crippen LogP contribution in [-0.4, -0.2) is 10.9 Å². The smallest absolute Gasteiger partial charge is 0.277 e. The summed E-state index contributed by atoms with van der Waals surface area (Å²) in [5, 5.41) is 2.80. The fraction of sp³-hybridized carbons (Fsp3) is 0.120. The van der Waals surface area contributed by atoms with E-state index in [1.54, 1.807) is 12.1 Å². The van der Waals surface area contributed by atoms with Gasteiger partial charge in [-0.3, -0.25) is 4.79 Å². The van der Waals surface area contributed by atoms with Crippen molar-refractivity contribution >= 4 is 11.6 Å². The van der Waals surface area contributed by atoms with E-state index in [9.17, 15) is 4.79 Å². The summed E-state index contributed by atoms with van der Waals surface area (Å²) in [6.07, 6.45) is 1.90. The summed E-state index contributed by atoms with van der Waals surface area (Å²) in [5.74, 6) is 0.691. The highest BCUT2D eigenvalue weighted by atomic mass is 16.5. The molecule has 6 heteroatoms. The lowest BCUT2D eigenvalue weighted by atomic mass is 10.1. The zero-order valence-electron chi connectivity index (χ0n) is 16.9. The number of hydrogen-bond donors (Lipinski definition) is 2. The highest BCUT2D eigenvalue weighted by molar-refractivity contribution is 6.02. The van der Waals surface area contributed by atoms with Crippen LogP contribution in [0.4, 0.5) is 5.69 Å². The van der Waals surface area contributed by atoms with Gasteiger partial charge in [-0.1, -0.05) is 60.7 Å². The van der Waals surface area contributed by atoms with Gasteiger partial charge in [0, 0.05) is 5.69 Å². The van der Waals surface area contributed by atoms with Crippen molar-refractivity contribution < 1.29 is 13.9 Å². The number of nitrogens with two attached hydrogens (primary N) is 1. The number of benzene rings is 3. The first-order chi connectivity index (χ1) is 15.2. The second-order valence-corrected chi connectivity index (χ2v) is 7.12. The average molecular weight is 413 g/mol. The third-order valence-corrected chi connectivity index (χ3v) is 4.73. The molecule has 31 heavy (non-hydrogen) atoms. The van der Waals surface area contributed by atoms with E-state index in [0.717, 1.165) is 16.9 Å². The summed E-state index contributed by atoms with van der Waals surface area (Å²) < 4.78 is 11.2. The number of amides is 1. The molecule has 0 saturated carbocycles. The largest absolute Gasteiger partial charge is 0.489 e. The van der Waals surface area contributed by atoms with Gasteiger partial charge in [0.25, 0.3) is 5.91 Å². The van der Waals surface area contributed by atoms with Gasteiger partial charge in [0.2, 0.25) is 5.89 Å². The van der Waals surface area contributed by atoms with Gasteiger partial charge in [-0.15, -0.1) is 0 Å². The average Bonchev–Trinajstić information content (AvgIpc) is 3.31. The lowest BCUT2D eigenvalue weighted by Crippen LogP contribution is -2.16. The van der Waals surface area contributed by atoms with Crippen LogP contribution in [0.5, 0.6) is 5.75 Å². The first-order valence-electron chi connectivity index (χ1n) is 10.0. The molecule has 1 aromatic heterocycles. The van der Waals surface area contributed by atoms with Crippen LogP contribution in [0.15, 0.2) is 95.6 Å². The zero-order chi connectivity index (χ0) is 21.5. The predicted molar refractivity (Wildman–Crippen MR) is 119 cm³/mol. The fourth-order valence-electron chi connectivity index (χ4n) is 3.09. The van der Waals surface area contributed by atoms with E-state index in [-0.39, 0.29) is 11.6 Å². The molecular formula is C25H23N3O3. The molecule has 0 spiro atoms. The Balaban J connectivity index is 1.32. The van der Waals surface area contributed by atoms with Crippen molar-refractivity contribution in [2.75, 3.05) is 5.32 Å². The van der Waals surface area contributed by atoms with Crippen LogP contribution in [0.1, 0.15) is 33.5 Å². The number of hydrogen-bond acceptors (Lipinski definition) is 5. The van der Waals surface area contributed by atoms with Gasteiger partial charge in [-0.25, -0.2) is 4.98 Å². The lowest BCUT2D eigenvalue weighted by Gasteiger charge is -2.08. The minimum atomic E-state index is -0.426. The maximum atomic E-state index is 12.5. The van der Waals surface area contributed by atoms with E-state index in [4.69, 9.17) is 14.9 Å². The Labute approximate surface area is 180 Å². The van der Waals surface area contributed by atoms with Gasteiger partial charge in [0.1, 0.15) is 18.6 Å². The number of carbonyl (C=O) groups excluding carboxylic acids is 1. The molecule has 0 saturated heterocycles. The van der Waals surface area contributed by atoms with Crippen molar-refractivity contribution in [1.82, 2.24) is 4.98 Å². The molecule has 0 aliphatic heterocycles. The minimum absolute atomic E-state index is 0.183. The van der Waals surface area contributed by atoms with Crippen LogP contribution in [0.3, 0.4) is 0 Å². The Hall–Kier alpha value is -3.90. The van der Waals surface area contributed by atoms with Crippen molar-refractivity contribution in [3.63, 3.8) is 0 Å². The van der Waals surface area contributed by atoms with Crippen molar-refractivity contribution in [3.8, 4) is 5.75 Å². The van der Waals surface area contributed by atoms with E-state index in [1.165, 1.54) is 6.26 Å². The number of anilines is 1. The fourth-order valence-corrected chi connectivity index (χ4v) is 3.09. The molecule has 0 fully saturated rings. The Morgan fingerprint density at radius 3 is 2.26 bits per heavy atom.